The maximum Gasteiger partial charge on any atom is 0.253 e. The van der Waals surface area contributed by atoms with Crippen LogP contribution < -0.4 is 4.74 Å². The summed E-state index contributed by atoms with van der Waals surface area (Å²) in [6, 6.07) is 15.8. The van der Waals surface area contributed by atoms with Crippen LogP contribution in [0, 0.1) is 6.92 Å². The van der Waals surface area contributed by atoms with E-state index in [2.05, 4.69) is 15.0 Å². The highest BCUT2D eigenvalue weighted by atomic mass is 16.5. The van der Waals surface area contributed by atoms with Crippen LogP contribution in [0.15, 0.2) is 79.6 Å². The minimum Gasteiger partial charge on any atom is -0.437 e. The van der Waals surface area contributed by atoms with Crippen LogP contribution in [-0.4, -0.2) is 43.4 Å². The molecule has 2 aromatic heterocycles. The first-order valence-corrected chi connectivity index (χ1v) is 11.5. The molecule has 0 aliphatic carbocycles. The Morgan fingerprint density at radius 1 is 1.03 bits per heavy atom. The summed E-state index contributed by atoms with van der Waals surface area (Å²) in [7, 11) is 0. The SMILES string of the molecule is Cc1ccc(Oc2nccnc2C2CCN(C(=O)c3cccc(Cn4ccnc4)c3)CC2)cc1. The van der Waals surface area contributed by atoms with E-state index in [-0.39, 0.29) is 11.8 Å². The lowest BCUT2D eigenvalue weighted by Gasteiger charge is -2.32. The van der Waals surface area contributed by atoms with Gasteiger partial charge in [0.15, 0.2) is 0 Å². The second kappa shape index (κ2) is 9.87. The van der Waals surface area contributed by atoms with E-state index in [0.717, 1.165) is 35.4 Å². The van der Waals surface area contributed by atoms with Crippen LogP contribution in [0.4, 0.5) is 0 Å². The zero-order valence-electron chi connectivity index (χ0n) is 19.2. The number of hydrogen-bond donors (Lipinski definition) is 0. The summed E-state index contributed by atoms with van der Waals surface area (Å²) in [5.41, 5.74) is 3.84. The zero-order valence-corrected chi connectivity index (χ0v) is 19.2. The van der Waals surface area contributed by atoms with Crippen molar-refractivity contribution in [3.63, 3.8) is 0 Å². The minimum absolute atomic E-state index is 0.0706. The Morgan fingerprint density at radius 2 is 1.82 bits per heavy atom. The van der Waals surface area contributed by atoms with E-state index >= 15 is 0 Å². The molecule has 0 unspecified atom stereocenters. The topological polar surface area (TPSA) is 73.1 Å². The number of imidazole rings is 1. The fourth-order valence-electron chi connectivity index (χ4n) is 4.35. The average molecular weight is 454 g/mol. The Balaban J connectivity index is 1.24. The molecule has 34 heavy (non-hydrogen) atoms. The number of aromatic nitrogens is 4. The van der Waals surface area contributed by atoms with Crippen molar-refractivity contribution in [2.24, 2.45) is 0 Å². The lowest BCUT2D eigenvalue weighted by molar-refractivity contribution is 0.0711. The fourth-order valence-corrected chi connectivity index (χ4v) is 4.35. The predicted octanol–water partition coefficient (Wildman–Crippen LogP) is 4.84. The van der Waals surface area contributed by atoms with Gasteiger partial charge in [-0.3, -0.25) is 9.78 Å². The second-order valence-electron chi connectivity index (χ2n) is 8.66. The lowest BCUT2D eigenvalue weighted by atomic mass is 9.93. The maximum absolute atomic E-state index is 13.2. The molecular formula is C27H27N5O2. The molecule has 0 radical (unpaired) electrons. The van der Waals surface area contributed by atoms with Gasteiger partial charge in [0.05, 0.1) is 6.33 Å². The Kier molecular flexibility index (Phi) is 6.33. The number of amides is 1. The summed E-state index contributed by atoms with van der Waals surface area (Å²) < 4.78 is 8.05. The highest BCUT2D eigenvalue weighted by Gasteiger charge is 2.28. The van der Waals surface area contributed by atoms with Crippen molar-refractivity contribution in [3.8, 4) is 11.6 Å². The molecule has 7 heteroatoms. The number of carbonyl (C=O) groups excluding carboxylic acids is 1. The van der Waals surface area contributed by atoms with Crippen LogP contribution in [0.5, 0.6) is 11.6 Å². The van der Waals surface area contributed by atoms with Gasteiger partial charge < -0.3 is 14.2 Å². The number of aryl methyl sites for hydroxylation is 1. The van der Waals surface area contributed by atoms with Gasteiger partial charge in [-0.1, -0.05) is 29.8 Å². The summed E-state index contributed by atoms with van der Waals surface area (Å²) in [4.78, 5) is 28.2. The number of nitrogens with zero attached hydrogens (tertiary/aromatic N) is 5. The van der Waals surface area contributed by atoms with Crippen molar-refractivity contribution in [1.82, 2.24) is 24.4 Å². The van der Waals surface area contributed by atoms with E-state index in [1.165, 1.54) is 5.56 Å². The summed E-state index contributed by atoms with van der Waals surface area (Å²) in [5, 5.41) is 0. The summed E-state index contributed by atoms with van der Waals surface area (Å²) in [6.07, 6.45) is 10.5. The smallest absolute Gasteiger partial charge is 0.253 e. The highest BCUT2D eigenvalue weighted by Crippen LogP contribution is 2.34. The van der Waals surface area contributed by atoms with Crippen molar-refractivity contribution in [1.29, 1.82) is 0 Å². The van der Waals surface area contributed by atoms with Crippen molar-refractivity contribution >= 4 is 5.91 Å². The minimum atomic E-state index is 0.0706. The molecule has 0 atom stereocenters. The van der Waals surface area contributed by atoms with Gasteiger partial charge in [-0.15, -0.1) is 0 Å². The van der Waals surface area contributed by atoms with Gasteiger partial charge >= 0.3 is 0 Å². The molecule has 0 saturated carbocycles. The molecule has 1 amide bonds. The first-order valence-electron chi connectivity index (χ1n) is 11.5. The predicted molar refractivity (Wildman–Crippen MR) is 129 cm³/mol. The third kappa shape index (κ3) is 4.98. The fraction of sp³-hybridized carbons (Fsp3) is 0.259. The molecule has 0 spiro atoms. The first kappa shape index (κ1) is 21.8. The van der Waals surface area contributed by atoms with Crippen molar-refractivity contribution < 1.29 is 9.53 Å². The van der Waals surface area contributed by atoms with Crippen molar-refractivity contribution in [2.45, 2.75) is 32.2 Å². The molecule has 172 valence electrons. The van der Waals surface area contributed by atoms with E-state index in [4.69, 9.17) is 4.74 Å². The zero-order chi connectivity index (χ0) is 23.3. The molecule has 3 heterocycles. The normalized spacial score (nSPS) is 14.2. The van der Waals surface area contributed by atoms with Crippen molar-refractivity contribution in [2.75, 3.05) is 13.1 Å². The second-order valence-corrected chi connectivity index (χ2v) is 8.66. The van der Waals surface area contributed by atoms with Gasteiger partial charge in [0.1, 0.15) is 11.4 Å². The number of ether oxygens (including phenoxy) is 1. The third-order valence-corrected chi connectivity index (χ3v) is 6.19. The average Bonchev–Trinajstić information content (AvgIpc) is 3.39. The molecule has 7 nitrogen and oxygen atoms in total. The molecule has 0 N–H and O–H groups in total. The molecule has 1 aliphatic rings. The van der Waals surface area contributed by atoms with E-state index < -0.39 is 0 Å². The van der Waals surface area contributed by atoms with Crippen LogP contribution in [-0.2, 0) is 6.54 Å². The largest absolute Gasteiger partial charge is 0.437 e. The standard InChI is InChI=1S/C27H27N5O2/c1-20-5-7-24(8-6-20)34-26-25(29-11-12-30-26)22-9-14-32(15-10-22)27(33)23-4-2-3-21(17-23)18-31-16-13-28-19-31/h2-8,11-13,16-17,19,22H,9-10,14-15,18H2,1H3. The molecule has 4 aromatic rings. The third-order valence-electron chi connectivity index (χ3n) is 6.19. The Morgan fingerprint density at radius 3 is 2.59 bits per heavy atom. The summed E-state index contributed by atoms with van der Waals surface area (Å²) in [5.74, 6) is 1.56. The Bertz CT molecular complexity index is 1250. The monoisotopic (exact) mass is 453 g/mol. The Labute approximate surface area is 199 Å². The first-order chi connectivity index (χ1) is 16.7. The van der Waals surface area contributed by atoms with Gasteiger partial charge in [-0.2, -0.15) is 0 Å². The number of likely N-dealkylation sites (tertiary alicyclic amines) is 1. The van der Waals surface area contributed by atoms with Crippen LogP contribution in [0.1, 0.15) is 45.9 Å². The lowest BCUT2D eigenvalue weighted by Crippen LogP contribution is -2.38. The Hall–Kier alpha value is -4.00. The van der Waals surface area contributed by atoms with E-state index in [1.807, 2.05) is 71.1 Å². The quantitative estimate of drug-likeness (QED) is 0.418. The highest BCUT2D eigenvalue weighted by molar-refractivity contribution is 5.94. The van der Waals surface area contributed by atoms with E-state index in [1.54, 1.807) is 24.9 Å². The number of piperidine rings is 1. The molecule has 1 fully saturated rings. The molecule has 0 bridgehead atoms. The molecule has 1 saturated heterocycles. The molecule has 5 rings (SSSR count). The van der Waals surface area contributed by atoms with Gasteiger partial charge in [-0.25, -0.2) is 9.97 Å². The van der Waals surface area contributed by atoms with Crippen molar-refractivity contribution in [3.05, 3.63) is 102 Å². The number of rotatable bonds is 6. The number of carbonyl (C=O) groups is 1. The van der Waals surface area contributed by atoms with Crippen LogP contribution >= 0.6 is 0 Å². The van der Waals surface area contributed by atoms with Gasteiger partial charge in [0.25, 0.3) is 5.91 Å². The van der Waals surface area contributed by atoms with Crippen LogP contribution in [0.25, 0.3) is 0 Å². The van der Waals surface area contributed by atoms with Crippen LogP contribution in [0.2, 0.25) is 0 Å². The van der Waals surface area contributed by atoms with Gasteiger partial charge in [0, 0.05) is 55.9 Å². The van der Waals surface area contributed by atoms with Crippen LogP contribution in [0.3, 0.4) is 0 Å². The molecular weight excluding hydrogens is 426 g/mol. The summed E-state index contributed by atoms with van der Waals surface area (Å²) in [6.45, 7) is 4.09. The van der Waals surface area contributed by atoms with E-state index in [0.29, 0.717) is 25.5 Å². The molecule has 2 aromatic carbocycles. The summed E-state index contributed by atoms with van der Waals surface area (Å²) >= 11 is 0. The van der Waals surface area contributed by atoms with Gasteiger partial charge in [0.2, 0.25) is 5.88 Å². The maximum atomic E-state index is 13.2. The molecule has 1 aliphatic heterocycles. The van der Waals surface area contributed by atoms with Gasteiger partial charge in [-0.05, 0) is 49.6 Å². The number of hydrogen-bond acceptors (Lipinski definition) is 5. The van der Waals surface area contributed by atoms with E-state index in [9.17, 15) is 4.79 Å². The number of benzene rings is 2.